The Bertz CT molecular complexity index is 353. The quantitative estimate of drug-likeness (QED) is 0.256. The first-order valence-electron chi connectivity index (χ1n) is 9.09. The molecule has 0 aliphatic carbocycles. The van der Waals surface area contributed by atoms with Gasteiger partial charge in [0.1, 0.15) is 0 Å². The Morgan fingerprint density at radius 2 is 1.08 bits per heavy atom. The molecular weight excluding hydrogens is 312 g/mol. The van der Waals surface area contributed by atoms with Crippen LogP contribution in [0.25, 0.3) is 0 Å². The highest BCUT2D eigenvalue weighted by molar-refractivity contribution is 5.70. The highest BCUT2D eigenvalue weighted by atomic mass is 16.7. The first-order chi connectivity index (χ1) is 11.6. The van der Waals surface area contributed by atoms with E-state index in [1.165, 1.54) is 12.8 Å². The summed E-state index contributed by atoms with van der Waals surface area (Å²) >= 11 is 0. The van der Waals surface area contributed by atoms with E-state index < -0.39 is 5.97 Å². The molecule has 0 unspecified atom stereocenters. The number of esters is 2. The first-order valence-corrected chi connectivity index (χ1v) is 9.09. The normalized spacial score (nSPS) is 10.4. The van der Waals surface area contributed by atoms with Gasteiger partial charge < -0.3 is 14.6 Å². The van der Waals surface area contributed by atoms with E-state index in [2.05, 4.69) is 6.92 Å². The lowest BCUT2D eigenvalue weighted by Crippen LogP contribution is -2.12. The number of carboxylic acids is 1. The van der Waals surface area contributed by atoms with Gasteiger partial charge in [-0.2, -0.15) is 0 Å². The molecule has 0 atom stereocenters. The van der Waals surface area contributed by atoms with Gasteiger partial charge in [-0.25, -0.2) is 0 Å². The second-order valence-electron chi connectivity index (χ2n) is 5.98. The summed E-state index contributed by atoms with van der Waals surface area (Å²) in [5.41, 5.74) is 0. The second kappa shape index (κ2) is 16.3. The van der Waals surface area contributed by atoms with E-state index in [1.807, 2.05) is 0 Å². The predicted molar refractivity (Wildman–Crippen MR) is 90.4 cm³/mol. The molecule has 0 saturated carbocycles. The molecule has 0 radical (unpaired) electrons. The van der Waals surface area contributed by atoms with E-state index in [-0.39, 0.29) is 25.2 Å². The SMILES string of the molecule is CCCCCCCC(=O)OCOC(=O)CCCCCCCC(=O)O. The number of unbranched alkanes of at least 4 members (excludes halogenated alkanes) is 8. The number of hydrogen-bond donors (Lipinski definition) is 1. The number of carbonyl (C=O) groups is 3. The van der Waals surface area contributed by atoms with E-state index in [0.29, 0.717) is 25.7 Å². The van der Waals surface area contributed by atoms with Crippen LogP contribution in [0.5, 0.6) is 0 Å². The average molecular weight is 344 g/mol. The minimum absolute atomic E-state index is 0.200. The standard InChI is InChI=1S/C18H32O6/c1-2-3-4-6-10-13-17(21)23-15-24-18(22)14-11-8-5-7-9-12-16(19)20/h2-15H2,1H3,(H,19,20). The van der Waals surface area contributed by atoms with Crippen molar-refractivity contribution in [3.8, 4) is 0 Å². The lowest BCUT2D eigenvalue weighted by molar-refractivity contribution is -0.167. The van der Waals surface area contributed by atoms with E-state index in [0.717, 1.165) is 38.5 Å². The molecule has 0 aliphatic heterocycles. The van der Waals surface area contributed by atoms with Crippen molar-refractivity contribution in [2.24, 2.45) is 0 Å². The Hall–Kier alpha value is -1.59. The van der Waals surface area contributed by atoms with Crippen LogP contribution in [0.3, 0.4) is 0 Å². The summed E-state index contributed by atoms with van der Waals surface area (Å²) in [6, 6.07) is 0. The van der Waals surface area contributed by atoms with Gasteiger partial charge in [0.2, 0.25) is 6.79 Å². The van der Waals surface area contributed by atoms with Crippen LogP contribution in [0.1, 0.15) is 90.4 Å². The van der Waals surface area contributed by atoms with Crippen LogP contribution in [-0.2, 0) is 23.9 Å². The summed E-state index contributed by atoms with van der Waals surface area (Å²) in [5, 5.41) is 8.50. The molecule has 0 spiro atoms. The van der Waals surface area contributed by atoms with Crippen LogP contribution in [-0.4, -0.2) is 29.8 Å². The third kappa shape index (κ3) is 16.8. The highest BCUT2D eigenvalue weighted by Gasteiger charge is 2.06. The number of carbonyl (C=O) groups excluding carboxylic acids is 2. The van der Waals surface area contributed by atoms with Gasteiger partial charge >= 0.3 is 17.9 Å². The van der Waals surface area contributed by atoms with Gasteiger partial charge in [-0.05, 0) is 19.3 Å². The van der Waals surface area contributed by atoms with Crippen LogP contribution in [0.15, 0.2) is 0 Å². The Labute approximate surface area is 144 Å². The fourth-order valence-corrected chi connectivity index (χ4v) is 2.25. The molecule has 0 amide bonds. The van der Waals surface area contributed by atoms with Gasteiger partial charge in [0.15, 0.2) is 0 Å². The smallest absolute Gasteiger partial charge is 0.308 e. The molecule has 0 rings (SSSR count). The van der Waals surface area contributed by atoms with Crippen LogP contribution in [0.4, 0.5) is 0 Å². The Balaban J connectivity index is 3.36. The summed E-state index contributed by atoms with van der Waals surface area (Å²) < 4.78 is 9.72. The van der Waals surface area contributed by atoms with Crippen molar-refractivity contribution in [1.82, 2.24) is 0 Å². The predicted octanol–water partition coefficient (Wildman–Crippen LogP) is 4.21. The summed E-state index contributed by atoms with van der Waals surface area (Å²) in [6.07, 6.45) is 10.2. The molecule has 1 N–H and O–H groups in total. The fraction of sp³-hybridized carbons (Fsp3) is 0.833. The molecular formula is C18H32O6. The molecule has 6 nitrogen and oxygen atoms in total. The first kappa shape index (κ1) is 22.4. The minimum Gasteiger partial charge on any atom is -0.481 e. The average Bonchev–Trinajstić information content (AvgIpc) is 2.53. The van der Waals surface area contributed by atoms with Crippen molar-refractivity contribution in [2.75, 3.05) is 6.79 Å². The maximum absolute atomic E-state index is 11.4. The lowest BCUT2D eigenvalue weighted by atomic mass is 10.1. The molecule has 0 aromatic heterocycles. The summed E-state index contributed by atoms with van der Waals surface area (Å²) in [7, 11) is 0. The van der Waals surface area contributed by atoms with Crippen LogP contribution >= 0.6 is 0 Å². The zero-order chi connectivity index (χ0) is 18.0. The Kier molecular flexibility index (Phi) is 15.2. The van der Waals surface area contributed by atoms with Gasteiger partial charge in [-0.3, -0.25) is 14.4 Å². The highest BCUT2D eigenvalue weighted by Crippen LogP contribution is 2.08. The zero-order valence-electron chi connectivity index (χ0n) is 14.9. The number of carboxylic acid groups (broad SMARTS) is 1. The van der Waals surface area contributed by atoms with Crippen LogP contribution < -0.4 is 0 Å². The molecule has 0 aliphatic rings. The molecule has 0 heterocycles. The van der Waals surface area contributed by atoms with E-state index >= 15 is 0 Å². The number of rotatable bonds is 16. The Morgan fingerprint density at radius 3 is 1.54 bits per heavy atom. The van der Waals surface area contributed by atoms with Crippen molar-refractivity contribution in [2.45, 2.75) is 90.4 Å². The molecule has 140 valence electrons. The Morgan fingerprint density at radius 1 is 0.667 bits per heavy atom. The monoisotopic (exact) mass is 344 g/mol. The number of ether oxygens (including phenoxy) is 2. The molecule has 0 bridgehead atoms. The van der Waals surface area contributed by atoms with E-state index in [4.69, 9.17) is 14.6 Å². The van der Waals surface area contributed by atoms with Crippen LogP contribution in [0, 0.1) is 0 Å². The second-order valence-corrected chi connectivity index (χ2v) is 5.98. The van der Waals surface area contributed by atoms with Gasteiger partial charge in [0.05, 0.1) is 0 Å². The molecule has 0 saturated heterocycles. The van der Waals surface area contributed by atoms with Gasteiger partial charge in [-0.1, -0.05) is 51.9 Å². The third-order valence-electron chi connectivity index (χ3n) is 3.70. The van der Waals surface area contributed by atoms with Gasteiger partial charge in [0.25, 0.3) is 0 Å². The molecule has 6 heteroatoms. The van der Waals surface area contributed by atoms with Crippen molar-refractivity contribution >= 4 is 17.9 Å². The van der Waals surface area contributed by atoms with Gasteiger partial charge in [0, 0.05) is 19.3 Å². The van der Waals surface area contributed by atoms with Crippen molar-refractivity contribution in [1.29, 1.82) is 0 Å². The lowest BCUT2D eigenvalue weighted by Gasteiger charge is -2.06. The van der Waals surface area contributed by atoms with Crippen molar-refractivity contribution in [3.05, 3.63) is 0 Å². The largest absolute Gasteiger partial charge is 0.481 e. The van der Waals surface area contributed by atoms with E-state index in [1.54, 1.807) is 0 Å². The topological polar surface area (TPSA) is 89.9 Å². The summed E-state index contributed by atoms with van der Waals surface area (Å²) in [6.45, 7) is 1.84. The molecule has 0 aromatic rings. The fourth-order valence-electron chi connectivity index (χ4n) is 2.25. The van der Waals surface area contributed by atoms with Gasteiger partial charge in [-0.15, -0.1) is 0 Å². The molecule has 0 aromatic carbocycles. The summed E-state index contributed by atoms with van der Waals surface area (Å²) in [5.74, 6) is -1.46. The van der Waals surface area contributed by atoms with Crippen LogP contribution in [0.2, 0.25) is 0 Å². The van der Waals surface area contributed by atoms with Crippen molar-refractivity contribution < 1.29 is 29.0 Å². The molecule has 0 fully saturated rings. The van der Waals surface area contributed by atoms with Crippen molar-refractivity contribution in [3.63, 3.8) is 0 Å². The van der Waals surface area contributed by atoms with E-state index in [9.17, 15) is 14.4 Å². The third-order valence-corrected chi connectivity index (χ3v) is 3.70. The zero-order valence-corrected chi connectivity index (χ0v) is 14.9. The molecule has 24 heavy (non-hydrogen) atoms. The number of hydrogen-bond acceptors (Lipinski definition) is 5. The maximum Gasteiger partial charge on any atom is 0.308 e. The number of aliphatic carboxylic acids is 1. The maximum atomic E-state index is 11.4. The minimum atomic E-state index is -0.769. The summed E-state index contributed by atoms with van der Waals surface area (Å²) in [4.78, 5) is 33.2.